The van der Waals surface area contributed by atoms with E-state index in [1.165, 1.54) is 26.2 Å². The summed E-state index contributed by atoms with van der Waals surface area (Å²) in [6, 6.07) is 9.22. The van der Waals surface area contributed by atoms with Crippen LogP contribution in [0.4, 0.5) is 48.7 Å². The number of hydrogen-bond acceptors (Lipinski definition) is 5. The van der Waals surface area contributed by atoms with Gasteiger partial charge in [0.15, 0.2) is 0 Å². The van der Waals surface area contributed by atoms with Gasteiger partial charge in [0, 0.05) is 24.2 Å². The third-order valence-electron chi connectivity index (χ3n) is 8.42. The van der Waals surface area contributed by atoms with Gasteiger partial charge in [-0.05, 0) is 97.0 Å². The standard InChI is InChI=1S/C38H35F10NO4/c1-19(2)29-16-30(33(51-6)17-31(29)39)28-9-8-25(36(40,41)42)14-24(28)18-49-22(5)34(53-35(50)52-32-10-7-20(3)11-21(32)4)23-12-26(37(43,44)45)15-27(13-23)38(46,47)48/h7-17,19,22,34,49H,18H2,1-6H3/t22-,34-/m0/s1. The van der Waals surface area contributed by atoms with Crippen LogP contribution in [0.15, 0.2) is 66.7 Å². The van der Waals surface area contributed by atoms with Crippen molar-refractivity contribution >= 4 is 6.16 Å². The maximum Gasteiger partial charge on any atom is 0.514 e. The summed E-state index contributed by atoms with van der Waals surface area (Å²) in [6.45, 7) is 7.52. The highest BCUT2D eigenvalue weighted by molar-refractivity contribution is 5.75. The normalized spacial score (nSPS) is 13.5. The van der Waals surface area contributed by atoms with E-state index in [1.54, 1.807) is 39.8 Å². The van der Waals surface area contributed by atoms with Crippen molar-refractivity contribution in [1.29, 1.82) is 0 Å². The molecule has 1 N–H and O–H groups in total. The maximum absolute atomic E-state index is 14.9. The molecule has 4 aromatic carbocycles. The molecule has 0 spiro atoms. The van der Waals surface area contributed by atoms with E-state index in [4.69, 9.17) is 14.2 Å². The van der Waals surface area contributed by atoms with E-state index in [-0.39, 0.29) is 45.7 Å². The van der Waals surface area contributed by atoms with Crippen molar-refractivity contribution in [3.05, 3.63) is 117 Å². The Hall–Kier alpha value is -4.79. The predicted molar refractivity (Wildman–Crippen MR) is 176 cm³/mol. The van der Waals surface area contributed by atoms with Gasteiger partial charge in [-0.25, -0.2) is 9.18 Å². The molecule has 0 aromatic heterocycles. The van der Waals surface area contributed by atoms with Crippen LogP contribution in [0.2, 0.25) is 0 Å². The Balaban J connectivity index is 1.81. The van der Waals surface area contributed by atoms with E-state index in [9.17, 15) is 48.7 Å². The summed E-state index contributed by atoms with van der Waals surface area (Å²) in [5.74, 6) is -0.971. The van der Waals surface area contributed by atoms with E-state index < -0.39 is 71.4 Å². The highest BCUT2D eigenvalue weighted by Gasteiger charge is 2.39. The van der Waals surface area contributed by atoms with Crippen molar-refractivity contribution in [1.82, 2.24) is 5.32 Å². The lowest BCUT2D eigenvalue weighted by Gasteiger charge is -2.27. The lowest BCUT2D eigenvalue weighted by molar-refractivity contribution is -0.143. The SMILES string of the molecule is COc1cc(F)c(C(C)C)cc1-c1ccc(C(F)(F)F)cc1CN[C@@H](C)[C@H](OC(=O)Oc1ccc(C)cc1C)c1cc(C(F)(F)F)cc(C(F)(F)F)c1. The Morgan fingerprint density at radius 2 is 1.32 bits per heavy atom. The molecule has 0 aliphatic heterocycles. The largest absolute Gasteiger partial charge is 0.514 e. The number of benzene rings is 4. The summed E-state index contributed by atoms with van der Waals surface area (Å²) >= 11 is 0. The predicted octanol–water partition coefficient (Wildman–Crippen LogP) is 11.7. The van der Waals surface area contributed by atoms with Crippen molar-refractivity contribution in [2.75, 3.05) is 7.11 Å². The first-order chi connectivity index (χ1) is 24.5. The second-order valence-corrected chi connectivity index (χ2v) is 12.8. The monoisotopic (exact) mass is 759 g/mol. The topological polar surface area (TPSA) is 56.8 Å². The zero-order valence-electron chi connectivity index (χ0n) is 29.2. The molecule has 15 heteroatoms. The van der Waals surface area contributed by atoms with Crippen molar-refractivity contribution in [2.45, 2.75) is 77.8 Å². The van der Waals surface area contributed by atoms with Gasteiger partial charge in [0.05, 0.1) is 23.8 Å². The summed E-state index contributed by atoms with van der Waals surface area (Å²) < 4.78 is 156. The first kappa shape index (κ1) is 41.0. The molecule has 0 unspecified atom stereocenters. The molecule has 0 radical (unpaired) electrons. The van der Waals surface area contributed by atoms with Crippen LogP contribution >= 0.6 is 0 Å². The molecule has 0 heterocycles. The number of carbonyl (C=O) groups is 1. The second kappa shape index (κ2) is 15.7. The van der Waals surface area contributed by atoms with Gasteiger partial charge < -0.3 is 19.5 Å². The number of ether oxygens (including phenoxy) is 3. The quantitative estimate of drug-likeness (QED) is 0.0991. The molecule has 0 saturated heterocycles. The molecule has 53 heavy (non-hydrogen) atoms. The molecular formula is C38H35F10NO4. The van der Waals surface area contributed by atoms with Crippen LogP contribution in [0.5, 0.6) is 11.5 Å². The van der Waals surface area contributed by atoms with Crippen LogP contribution in [-0.2, 0) is 29.8 Å². The fourth-order valence-corrected chi connectivity index (χ4v) is 5.68. The minimum atomic E-state index is -5.24. The second-order valence-electron chi connectivity index (χ2n) is 12.8. The van der Waals surface area contributed by atoms with E-state index >= 15 is 0 Å². The van der Waals surface area contributed by atoms with Gasteiger partial charge >= 0.3 is 24.7 Å². The number of methoxy groups -OCH3 is 1. The molecule has 0 fully saturated rings. The fraction of sp³-hybridized carbons (Fsp3) is 0.342. The fourth-order valence-electron chi connectivity index (χ4n) is 5.68. The summed E-state index contributed by atoms with van der Waals surface area (Å²) in [5.41, 5.74) is -3.35. The number of aryl methyl sites for hydroxylation is 2. The molecular weight excluding hydrogens is 724 g/mol. The van der Waals surface area contributed by atoms with Crippen molar-refractivity contribution in [3.63, 3.8) is 0 Å². The molecule has 0 aliphatic rings. The van der Waals surface area contributed by atoms with Crippen LogP contribution in [0.3, 0.4) is 0 Å². The van der Waals surface area contributed by atoms with Crippen LogP contribution in [0, 0.1) is 19.7 Å². The number of rotatable bonds is 10. The molecule has 0 bridgehead atoms. The minimum Gasteiger partial charge on any atom is -0.496 e. The van der Waals surface area contributed by atoms with Gasteiger partial charge in [-0.1, -0.05) is 37.6 Å². The first-order valence-electron chi connectivity index (χ1n) is 16.1. The number of hydrogen-bond donors (Lipinski definition) is 1. The molecule has 4 aromatic rings. The Labute approximate surface area is 298 Å². The van der Waals surface area contributed by atoms with Gasteiger partial charge in [0.2, 0.25) is 0 Å². The Bertz CT molecular complexity index is 1920. The molecule has 4 rings (SSSR count). The van der Waals surface area contributed by atoms with Gasteiger partial charge in [-0.2, -0.15) is 39.5 Å². The molecule has 0 saturated carbocycles. The number of halogens is 10. The van der Waals surface area contributed by atoms with Gasteiger partial charge in [-0.3, -0.25) is 0 Å². The molecule has 0 amide bonds. The average molecular weight is 760 g/mol. The number of alkyl halides is 9. The summed E-state index contributed by atoms with van der Waals surface area (Å²) in [6.07, 6.45) is -18.7. The highest BCUT2D eigenvalue weighted by atomic mass is 19.4. The number of nitrogens with one attached hydrogen (secondary N) is 1. The van der Waals surface area contributed by atoms with Crippen LogP contribution in [-0.4, -0.2) is 19.3 Å². The lowest BCUT2D eigenvalue weighted by Crippen LogP contribution is -2.35. The minimum absolute atomic E-state index is 0.00241. The van der Waals surface area contributed by atoms with Gasteiger partial charge in [0.25, 0.3) is 0 Å². The van der Waals surface area contributed by atoms with Crippen LogP contribution < -0.4 is 14.8 Å². The van der Waals surface area contributed by atoms with Crippen molar-refractivity contribution in [3.8, 4) is 22.6 Å². The van der Waals surface area contributed by atoms with Gasteiger partial charge in [0.1, 0.15) is 23.4 Å². The smallest absolute Gasteiger partial charge is 0.496 e. The van der Waals surface area contributed by atoms with Crippen molar-refractivity contribution < 1.29 is 62.9 Å². The summed E-state index contributed by atoms with van der Waals surface area (Å²) in [4.78, 5) is 13.1. The third kappa shape index (κ3) is 10.0. The van der Waals surface area contributed by atoms with Crippen LogP contribution in [0.25, 0.3) is 11.1 Å². The molecule has 5 nitrogen and oxygen atoms in total. The molecule has 286 valence electrons. The van der Waals surface area contributed by atoms with Gasteiger partial charge in [-0.15, -0.1) is 0 Å². The van der Waals surface area contributed by atoms with E-state index in [2.05, 4.69) is 5.32 Å². The maximum atomic E-state index is 14.9. The molecule has 0 aliphatic carbocycles. The number of carbonyl (C=O) groups excluding carboxylic acids is 1. The average Bonchev–Trinajstić information content (AvgIpc) is 3.05. The van der Waals surface area contributed by atoms with Crippen LogP contribution in [0.1, 0.15) is 77.3 Å². The highest BCUT2D eigenvalue weighted by Crippen LogP contribution is 2.41. The zero-order chi connectivity index (χ0) is 39.6. The van der Waals surface area contributed by atoms with Crippen molar-refractivity contribution in [2.24, 2.45) is 0 Å². The summed E-state index contributed by atoms with van der Waals surface area (Å²) in [5, 5.41) is 2.80. The Morgan fingerprint density at radius 1 is 0.717 bits per heavy atom. The van der Waals surface area contributed by atoms with E-state index in [1.807, 2.05) is 0 Å². The first-order valence-corrected chi connectivity index (χ1v) is 16.1. The Morgan fingerprint density at radius 3 is 1.85 bits per heavy atom. The zero-order valence-corrected chi connectivity index (χ0v) is 29.2. The third-order valence-corrected chi connectivity index (χ3v) is 8.42. The summed E-state index contributed by atoms with van der Waals surface area (Å²) in [7, 11) is 1.24. The lowest BCUT2D eigenvalue weighted by atomic mass is 9.92. The van der Waals surface area contributed by atoms with E-state index in [0.29, 0.717) is 17.7 Å². The van der Waals surface area contributed by atoms with E-state index in [0.717, 1.165) is 29.8 Å². The Kier molecular flexibility index (Phi) is 12.1. The molecule has 2 atom stereocenters.